The molecule has 0 aliphatic heterocycles. The molecule has 3 N–H and O–H groups in total. The molecule has 1 amide bonds. The maximum Gasteiger partial charge on any atom is 0.237 e. The number of carbonyl (C=O) groups is 1. The van der Waals surface area contributed by atoms with E-state index >= 15 is 0 Å². The van der Waals surface area contributed by atoms with Gasteiger partial charge in [0.05, 0.1) is 17.8 Å². The van der Waals surface area contributed by atoms with Crippen LogP contribution in [0.3, 0.4) is 0 Å². The summed E-state index contributed by atoms with van der Waals surface area (Å²) in [6.45, 7) is 6.01. The summed E-state index contributed by atoms with van der Waals surface area (Å²) in [5.74, 6) is 0.303. The standard InChI is InChI=1S/C13H21N3O.2ClH/c1-9(2)8-11(14)13(17)16-10(3)12-6-4-5-7-15-12;;/h4-7,9-11H,8,14H2,1-3H3,(H,16,17);2*1H/t10?,11-;;/m0../s1. The number of hydrogen-bond acceptors (Lipinski definition) is 3. The highest BCUT2D eigenvalue weighted by atomic mass is 35.5. The van der Waals surface area contributed by atoms with Crippen molar-refractivity contribution in [2.75, 3.05) is 0 Å². The van der Waals surface area contributed by atoms with Crippen molar-refractivity contribution < 1.29 is 4.79 Å². The van der Waals surface area contributed by atoms with E-state index in [1.807, 2.05) is 25.1 Å². The van der Waals surface area contributed by atoms with Gasteiger partial charge in [0.15, 0.2) is 0 Å². The minimum absolute atomic E-state index is 0. The van der Waals surface area contributed by atoms with E-state index < -0.39 is 6.04 Å². The molecule has 4 nitrogen and oxygen atoms in total. The van der Waals surface area contributed by atoms with E-state index in [1.54, 1.807) is 6.20 Å². The molecule has 0 saturated heterocycles. The molecule has 0 spiro atoms. The second kappa shape index (κ2) is 10.0. The number of nitrogens with zero attached hydrogens (tertiary/aromatic N) is 1. The molecule has 0 bridgehead atoms. The summed E-state index contributed by atoms with van der Waals surface area (Å²) >= 11 is 0. The highest BCUT2D eigenvalue weighted by Gasteiger charge is 2.17. The third kappa shape index (κ3) is 7.35. The molecule has 1 heterocycles. The number of hydrogen-bond donors (Lipinski definition) is 2. The zero-order valence-electron chi connectivity index (χ0n) is 11.5. The van der Waals surface area contributed by atoms with Gasteiger partial charge in [-0.3, -0.25) is 9.78 Å². The van der Waals surface area contributed by atoms with Gasteiger partial charge in [-0.1, -0.05) is 19.9 Å². The van der Waals surface area contributed by atoms with Crippen molar-refractivity contribution in [1.82, 2.24) is 10.3 Å². The van der Waals surface area contributed by atoms with Crippen molar-refractivity contribution in [3.05, 3.63) is 30.1 Å². The lowest BCUT2D eigenvalue weighted by Gasteiger charge is -2.18. The lowest BCUT2D eigenvalue weighted by molar-refractivity contribution is -0.123. The molecule has 110 valence electrons. The Hall–Kier alpha value is -0.840. The lowest BCUT2D eigenvalue weighted by atomic mass is 10.0. The molecule has 0 aromatic carbocycles. The summed E-state index contributed by atoms with van der Waals surface area (Å²) in [4.78, 5) is 16.0. The van der Waals surface area contributed by atoms with Crippen LogP contribution in [0.4, 0.5) is 0 Å². The van der Waals surface area contributed by atoms with Gasteiger partial charge in [-0.05, 0) is 31.4 Å². The molecular weight excluding hydrogens is 285 g/mol. The molecule has 0 radical (unpaired) electrons. The van der Waals surface area contributed by atoms with Gasteiger partial charge in [-0.25, -0.2) is 0 Å². The number of aromatic nitrogens is 1. The summed E-state index contributed by atoms with van der Waals surface area (Å²) in [6, 6.07) is 5.09. The number of halogens is 2. The fraction of sp³-hybridized carbons (Fsp3) is 0.538. The Labute approximate surface area is 127 Å². The maximum atomic E-state index is 11.8. The highest BCUT2D eigenvalue weighted by Crippen LogP contribution is 2.09. The van der Waals surface area contributed by atoms with E-state index in [0.717, 1.165) is 5.69 Å². The molecule has 1 rings (SSSR count). The molecule has 2 atom stereocenters. The van der Waals surface area contributed by atoms with Crippen molar-refractivity contribution in [2.45, 2.75) is 39.3 Å². The number of pyridine rings is 1. The van der Waals surface area contributed by atoms with Crippen LogP contribution in [-0.2, 0) is 4.79 Å². The third-order valence-corrected chi connectivity index (χ3v) is 2.55. The van der Waals surface area contributed by atoms with Crippen LogP contribution < -0.4 is 11.1 Å². The third-order valence-electron chi connectivity index (χ3n) is 2.55. The summed E-state index contributed by atoms with van der Waals surface area (Å²) < 4.78 is 0. The van der Waals surface area contributed by atoms with Gasteiger partial charge >= 0.3 is 0 Å². The van der Waals surface area contributed by atoms with Gasteiger partial charge in [0.1, 0.15) is 0 Å². The van der Waals surface area contributed by atoms with E-state index in [2.05, 4.69) is 24.1 Å². The van der Waals surface area contributed by atoms with E-state index in [4.69, 9.17) is 5.73 Å². The molecule has 0 aliphatic carbocycles. The predicted molar refractivity (Wildman–Crippen MR) is 82.7 cm³/mol. The Morgan fingerprint density at radius 2 is 1.95 bits per heavy atom. The van der Waals surface area contributed by atoms with Crippen molar-refractivity contribution in [3.8, 4) is 0 Å². The first-order chi connectivity index (χ1) is 8.00. The number of amides is 1. The smallest absolute Gasteiger partial charge is 0.237 e. The lowest BCUT2D eigenvalue weighted by Crippen LogP contribution is -2.42. The van der Waals surface area contributed by atoms with Crippen LogP contribution in [0.5, 0.6) is 0 Å². The van der Waals surface area contributed by atoms with Crippen LogP contribution in [-0.4, -0.2) is 16.9 Å². The fourth-order valence-corrected chi connectivity index (χ4v) is 1.64. The molecule has 19 heavy (non-hydrogen) atoms. The first-order valence-corrected chi connectivity index (χ1v) is 5.97. The first kappa shape index (κ1) is 20.5. The van der Waals surface area contributed by atoms with Crippen molar-refractivity contribution in [1.29, 1.82) is 0 Å². The van der Waals surface area contributed by atoms with Crippen molar-refractivity contribution in [3.63, 3.8) is 0 Å². The largest absolute Gasteiger partial charge is 0.347 e. The van der Waals surface area contributed by atoms with E-state index in [-0.39, 0.29) is 36.8 Å². The average molecular weight is 308 g/mol. The van der Waals surface area contributed by atoms with Gasteiger partial charge in [0, 0.05) is 6.20 Å². The van der Waals surface area contributed by atoms with Crippen molar-refractivity contribution >= 4 is 30.7 Å². The molecule has 0 saturated carbocycles. The monoisotopic (exact) mass is 307 g/mol. The Bertz CT molecular complexity index is 360. The van der Waals surface area contributed by atoms with Crippen molar-refractivity contribution in [2.24, 2.45) is 11.7 Å². The van der Waals surface area contributed by atoms with Crippen LogP contribution in [0.15, 0.2) is 24.4 Å². The molecule has 1 aromatic heterocycles. The summed E-state index contributed by atoms with van der Waals surface area (Å²) in [5, 5.41) is 2.87. The average Bonchev–Trinajstić information content (AvgIpc) is 2.29. The minimum Gasteiger partial charge on any atom is -0.347 e. The van der Waals surface area contributed by atoms with Crippen LogP contribution >= 0.6 is 24.8 Å². The Kier molecular flexibility index (Phi) is 10.8. The van der Waals surface area contributed by atoms with E-state index in [1.165, 1.54) is 0 Å². The number of nitrogens with one attached hydrogen (secondary N) is 1. The SMILES string of the molecule is CC(C)C[C@H](N)C(=O)NC(C)c1ccccn1.Cl.Cl. The molecular formula is C13H23Cl2N3O. The Morgan fingerprint density at radius 3 is 2.42 bits per heavy atom. The van der Waals surface area contributed by atoms with Crippen LogP contribution in [0.25, 0.3) is 0 Å². The van der Waals surface area contributed by atoms with Crippen LogP contribution in [0, 0.1) is 5.92 Å². The van der Waals surface area contributed by atoms with Gasteiger partial charge in [-0.15, -0.1) is 24.8 Å². The first-order valence-electron chi connectivity index (χ1n) is 5.97. The molecule has 1 unspecified atom stereocenters. The van der Waals surface area contributed by atoms with Gasteiger partial charge in [0.25, 0.3) is 0 Å². The topological polar surface area (TPSA) is 68.0 Å². The Balaban J connectivity index is 0. The number of rotatable bonds is 5. The van der Waals surface area contributed by atoms with Crippen LogP contribution in [0.2, 0.25) is 0 Å². The number of carbonyl (C=O) groups excluding carboxylic acids is 1. The second-order valence-electron chi connectivity index (χ2n) is 4.72. The van der Waals surface area contributed by atoms with Gasteiger partial charge in [0.2, 0.25) is 5.91 Å². The van der Waals surface area contributed by atoms with Crippen LogP contribution in [0.1, 0.15) is 38.9 Å². The Morgan fingerprint density at radius 1 is 1.32 bits per heavy atom. The molecule has 1 aromatic rings. The fourth-order valence-electron chi connectivity index (χ4n) is 1.64. The zero-order valence-corrected chi connectivity index (χ0v) is 13.1. The second-order valence-corrected chi connectivity index (χ2v) is 4.72. The molecule has 0 fully saturated rings. The minimum atomic E-state index is -0.443. The summed E-state index contributed by atoms with van der Waals surface area (Å²) in [5.41, 5.74) is 6.66. The summed E-state index contributed by atoms with van der Waals surface area (Å²) in [7, 11) is 0. The van der Waals surface area contributed by atoms with Gasteiger partial charge in [-0.2, -0.15) is 0 Å². The van der Waals surface area contributed by atoms with Gasteiger partial charge < -0.3 is 11.1 Å². The maximum absolute atomic E-state index is 11.8. The van der Waals surface area contributed by atoms with E-state index in [0.29, 0.717) is 12.3 Å². The normalized spacial score (nSPS) is 12.9. The molecule has 6 heteroatoms. The zero-order chi connectivity index (χ0) is 12.8. The summed E-state index contributed by atoms with van der Waals surface area (Å²) in [6.07, 6.45) is 2.41. The van der Waals surface area contributed by atoms with E-state index in [9.17, 15) is 4.79 Å². The molecule has 0 aliphatic rings. The predicted octanol–water partition coefficient (Wildman–Crippen LogP) is 2.48. The number of nitrogens with two attached hydrogens (primary N) is 1. The quantitative estimate of drug-likeness (QED) is 0.878. The highest BCUT2D eigenvalue weighted by molar-refractivity contribution is 5.85.